The predicted octanol–water partition coefficient (Wildman–Crippen LogP) is 6.43. The molecule has 0 fully saturated rings. The Balaban J connectivity index is 1.82. The lowest BCUT2D eigenvalue weighted by molar-refractivity contribution is 0.104. The smallest absolute Gasteiger partial charge is 0.188 e. The van der Waals surface area contributed by atoms with Crippen molar-refractivity contribution in [2.75, 3.05) is 0 Å². The van der Waals surface area contributed by atoms with E-state index in [1.807, 2.05) is 0 Å². The molecule has 6 heteroatoms. The molecule has 0 unspecified atom stereocenters. The van der Waals surface area contributed by atoms with E-state index in [9.17, 15) is 13.6 Å². The van der Waals surface area contributed by atoms with Crippen LogP contribution in [0.15, 0.2) is 59.0 Å². The number of benzene rings is 2. The highest BCUT2D eigenvalue weighted by molar-refractivity contribution is 6.43. The lowest BCUT2D eigenvalue weighted by Gasteiger charge is -2.01. The second-order valence-electron chi connectivity index (χ2n) is 5.13. The molecule has 0 saturated carbocycles. The van der Waals surface area contributed by atoms with Crippen LogP contribution in [0.1, 0.15) is 16.1 Å². The quantitative estimate of drug-likeness (QED) is 0.386. The van der Waals surface area contributed by atoms with Crippen molar-refractivity contribution in [3.63, 3.8) is 0 Å². The molecule has 1 heterocycles. The van der Waals surface area contributed by atoms with Crippen molar-refractivity contribution >= 4 is 35.1 Å². The normalized spacial score (nSPS) is 11.2. The molecule has 2 aromatic carbocycles. The van der Waals surface area contributed by atoms with E-state index in [1.165, 1.54) is 6.08 Å². The van der Waals surface area contributed by atoms with Crippen molar-refractivity contribution in [1.82, 2.24) is 0 Å². The van der Waals surface area contributed by atoms with Gasteiger partial charge in [-0.25, -0.2) is 8.78 Å². The minimum atomic E-state index is -0.916. The summed E-state index contributed by atoms with van der Waals surface area (Å²) in [5.74, 6) is -1.40. The van der Waals surface area contributed by atoms with Gasteiger partial charge in [-0.1, -0.05) is 29.3 Å². The molecular weight excluding hydrogens is 369 g/mol. The maximum absolute atomic E-state index is 13.6. The lowest BCUT2D eigenvalue weighted by atomic mass is 10.1. The summed E-state index contributed by atoms with van der Waals surface area (Å²) in [4.78, 5) is 12.0. The third-order valence-corrected chi connectivity index (χ3v) is 4.26. The molecule has 0 aliphatic carbocycles. The van der Waals surface area contributed by atoms with Crippen molar-refractivity contribution < 1.29 is 18.0 Å². The largest absolute Gasteiger partial charge is 0.457 e. The molecule has 1 aromatic heterocycles. The van der Waals surface area contributed by atoms with E-state index >= 15 is 0 Å². The lowest BCUT2D eigenvalue weighted by Crippen LogP contribution is -1.98. The summed E-state index contributed by atoms with van der Waals surface area (Å²) >= 11 is 12.1. The molecule has 3 rings (SSSR count). The molecule has 0 bridgehead atoms. The van der Waals surface area contributed by atoms with Crippen LogP contribution in [-0.2, 0) is 0 Å². The van der Waals surface area contributed by atoms with Gasteiger partial charge in [-0.05, 0) is 48.6 Å². The van der Waals surface area contributed by atoms with Crippen LogP contribution >= 0.6 is 23.2 Å². The average Bonchev–Trinajstić information content (AvgIpc) is 3.04. The van der Waals surface area contributed by atoms with Gasteiger partial charge in [0.2, 0.25) is 0 Å². The van der Waals surface area contributed by atoms with Gasteiger partial charge in [0.15, 0.2) is 5.78 Å². The van der Waals surface area contributed by atoms with Gasteiger partial charge in [-0.15, -0.1) is 0 Å². The molecule has 0 radical (unpaired) electrons. The van der Waals surface area contributed by atoms with Crippen molar-refractivity contribution in [3.05, 3.63) is 87.6 Å². The molecular formula is C19H10Cl2F2O2. The molecule has 3 aromatic rings. The van der Waals surface area contributed by atoms with Crippen LogP contribution in [0, 0.1) is 11.6 Å². The SMILES string of the molecule is O=C(/C=C/c1ccc(-c2cccc(Cl)c2Cl)o1)c1ccc(F)cc1F. The second-order valence-corrected chi connectivity index (χ2v) is 5.91. The molecule has 0 aliphatic heterocycles. The summed E-state index contributed by atoms with van der Waals surface area (Å²) in [6, 6.07) is 11.2. The first-order valence-electron chi connectivity index (χ1n) is 7.17. The molecule has 0 N–H and O–H groups in total. The van der Waals surface area contributed by atoms with E-state index in [0.717, 1.165) is 18.2 Å². The Morgan fingerprint density at radius 2 is 1.84 bits per heavy atom. The summed E-state index contributed by atoms with van der Waals surface area (Å²) in [7, 11) is 0. The number of ketones is 1. The standard InChI is InChI=1S/C19H10Cl2F2O2/c20-15-3-1-2-14(19(15)21)18-9-6-12(25-18)5-8-17(24)13-7-4-11(22)10-16(13)23/h1-10H/b8-5+. The maximum atomic E-state index is 13.6. The first kappa shape index (κ1) is 17.4. The topological polar surface area (TPSA) is 30.2 Å². The van der Waals surface area contributed by atoms with E-state index in [4.69, 9.17) is 27.6 Å². The predicted molar refractivity (Wildman–Crippen MR) is 93.9 cm³/mol. The summed E-state index contributed by atoms with van der Waals surface area (Å²) < 4.78 is 32.1. The van der Waals surface area contributed by atoms with Gasteiger partial charge in [-0.2, -0.15) is 0 Å². The van der Waals surface area contributed by atoms with Gasteiger partial charge >= 0.3 is 0 Å². The van der Waals surface area contributed by atoms with E-state index < -0.39 is 17.4 Å². The van der Waals surface area contributed by atoms with Gasteiger partial charge in [0, 0.05) is 11.6 Å². The fourth-order valence-electron chi connectivity index (χ4n) is 2.22. The summed E-state index contributed by atoms with van der Waals surface area (Å²) in [6.07, 6.45) is 2.55. The zero-order chi connectivity index (χ0) is 18.0. The van der Waals surface area contributed by atoms with E-state index in [-0.39, 0.29) is 5.56 Å². The zero-order valence-corrected chi connectivity index (χ0v) is 14.1. The molecule has 0 spiro atoms. The molecule has 2 nitrogen and oxygen atoms in total. The molecule has 0 atom stereocenters. The Hall–Kier alpha value is -2.43. The summed E-state index contributed by atoms with van der Waals surface area (Å²) in [5, 5.41) is 0.758. The van der Waals surface area contributed by atoms with Gasteiger partial charge in [0.25, 0.3) is 0 Å². The van der Waals surface area contributed by atoms with Crippen molar-refractivity contribution in [3.8, 4) is 11.3 Å². The first-order valence-corrected chi connectivity index (χ1v) is 7.93. The molecule has 0 amide bonds. The van der Waals surface area contributed by atoms with Crippen molar-refractivity contribution in [2.45, 2.75) is 0 Å². The second kappa shape index (κ2) is 7.21. The number of allylic oxidation sites excluding steroid dienone is 1. The van der Waals surface area contributed by atoms with E-state index in [2.05, 4.69) is 0 Å². The monoisotopic (exact) mass is 378 g/mol. The Labute approximate surface area is 152 Å². The van der Waals surface area contributed by atoms with Crippen LogP contribution in [0.3, 0.4) is 0 Å². The summed E-state index contributed by atoms with van der Waals surface area (Å²) in [5.41, 5.74) is 0.395. The Morgan fingerprint density at radius 1 is 1.04 bits per heavy atom. The zero-order valence-electron chi connectivity index (χ0n) is 12.6. The number of halogens is 4. The van der Waals surface area contributed by atoms with Gasteiger partial charge in [0.05, 0.1) is 15.6 Å². The van der Waals surface area contributed by atoms with Crippen molar-refractivity contribution in [1.29, 1.82) is 0 Å². The first-order chi connectivity index (χ1) is 12.0. The fraction of sp³-hybridized carbons (Fsp3) is 0. The number of furan rings is 1. The highest BCUT2D eigenvalue weighted by atomic mass is 35.5. The molecule has 0 aliphatic rings. The van der Waals surface area contributed by atoms with Crippen LogP contribution in [-0.4, -0.2) is 5.78 Å². The third kappa shape index (κ3) is 3.81. The van der Waals surface area contributed by atoms with Crippen LogP contribution in [0.25, 0.3) is 17.4 Å². The number of hydrogen-bond acceptors (Lipinski definition) is 2. The molecule has 0 saturated heterocycles. The fourth-order valence-corrected chi connectivity index (χ4v) is 2.61. The van der Waals surface area contributed by atoms with Gasteiger partial charge < -0.3 is 4.42 Å². The average molecular weight is 379 g/mol. The molecule has 126 valence electrons. The Bertz CT molecular complexity index is 977. The molecule has 25 heavy (non-hydrogen) atoms. The number of carbonyl (C=O) groups excluding carboxylic acids is 1. The van der Waals surface area contributed by atoms with Crippen LogP contribution in [0.2, 0.25) is 10.0 Å². The summed E-state index contributed by atoms with van der Waals surface area (Å²) in [6.45, 7) is 0. The van der Waals surface area contributed by atoms with Crippen molar-refractivity contribution in [2.24, 2.45) is 0 Å². The Kier molecular flexibility index (Phi) is 5.02. The van der Waals surface area contributed by atoms with E-state index in [0.29, 0.717) is 33.2 Å². The van der Waals surface area contributed by atoms with Crippen LogP contribution in [0.4, 0.5) is 8.78 Å². The van der Waals surface area contributed by atoms with Gasteiger partial charge in [-0.3, -0.25) is 4.79 Å². The number of rotatable bonds is 4. The van der Waals surface area contributed by atoms with Crippen LogP contribution in [0.5, 0.6) is 0 Å². The highest BCUT2D eigenvalue weighted by Gasteiger charge is 2.12. The van der Waals surface area contributed by atoms with Gasteiger partial charge in [0.1, 0.15) is 23.2 Å². The minimum absolute atomic E-state index is 0.220. The minimum Gasteiger partial charge on any atom is -0.457 e. The maximum Gasteiger partial charge on any atom is 0.188 e. The highest BCUT2D eigenvalue weighted by Crippen LogP contribution is 2.34. The van der Waals surface area contributed by atoms with E-state index in [1.54, 1.807) is 30.3 Å². The number of carbonyl (C=O) groups is 1. The van der Waals surface area contributed by atoms with Crippen LogP contribution < -0.4 is 0 Å². The Morgan fingerprint density at radius 3 is 2.60 bits per heavy atom. The number of hydrogen-bond donors (Lipinski definition) is 0. The third-order valence-electron chi connectivity index (χ3n) is 3.44.